The third-order valence-electron chi connectivity index (χ3n) is 0. The van der Waals surface area contributed by atoms with Crippen LogP contribution >= 0.6 is 0 Å². The summed E-state index contributed by atoms with van der Waals surface area (Å²) in [4.78, 5) is 0. The van der Waals surface area contributed by atoms with E-state index in [0.29, 0.717) is 0 Å². The first-order chi connectivity index (χ1) is 0. The van der Waals surface area contributed by atoms with E-state index in [0.717, 1.165) is 0 Å². The quantitative estimate of drug-likeness (QED) is 0.336. The van der Waals surface area contributed by atoms with Crippen LogP contribution in [-0.2, 0) is 19.5 Å². The van der Waals surface area contributed by atoms with Gasteiger partial charge in [0.1, 0.15) is 0 Å². The third-order valence-corrected chi connectivity index (χ3v) is 0. The summed E-state index contributed by atoms with van der Waals surface area (Å²) in [5, 5.41) is 0. The minimum absolute atomic E-state index is 0. The first kappa shape index (κ1) is 32.5. The van der Waals surface area contributed by atoms with Gasteiger partial charge in [-0.05, 0) is 0 Å². The van der Waals surface area contributed by atoms with Crippen LogP contribution in [0.3, 0.4) is 0 Å². The van der Waals surface area contributed by atoms with Gasteiger partial charge in [-0.25, -0.2) is 0 Å². The predicted octanol–water partition coefficient (Wildman–Crippen LogP) is -1.59. The Morgan fingerprint density at radius 3 is 1.00 bits per heavy atom. The largest absolute Gasteiger partial charge is 0.412 e. The fourth-order valence-corrected chi connectivity index (χ4v) is 0. The Bertz CT molecular complexity index is 8.00. The van der Waals surface area contributed by atoms with Gasteiger partial charge >= 0.3 is 0 Å². The van der Waals surface area contributed by atoms with Crippen molar-refractivity contribution in [2.24, 2.45) is 0 Å². The SMILES string of the molecule is O.[Bi].[Pb].[Ru]. The molecule has 4 heavy (non-hydrogen) atoms. The van der Waals surface area contributed by atoms with Crippen LogP contribution in [0.1, 0.15) is 0 Å². The average Bonchev–Trinajstić information content (AvgIpc) is 0. The van der Waals surface area contributed by atoms with Crippen molar-refractivity contribution in [3.05, 3.63) is 0 Å². The molecule has 0 aliphatic rings. The molecule has 1 nitrogen and oxygen atoms in total. The second-order valence-corrected chi connectivity index (χ2v) is 0. The van der Waals surface area contributed by atoms with Crippen LogP contribution in [0, 0.1) is 0 Å². The van der Waals surface area contributed by atoms with Crippen molar-refractivity contribution in [3.63, 3.8) is 0 Å². The minimum atomic E-state index is 0. The van der Waals surface area contributed by atoms with Crippen LogP contribution in [-0.4, -0.2) is 59.0 Å². The van der Waals surface area contributed by atoms with Crippen molar-refractivity contribution in [2.75, 3.05) is 0 Å². The van der Waals surface area contributed by atoms with Gasteiger partial charge in [-0.1, -0.05) is 0 Å². The molecule has 7 radical (unpaired) electrons. The molecule has 0 heterocycles. The minimum Gasteiger partial charge on any atom is -0.412 e. The Kier molecular flexibility index (Phi) is 148. The van der Waals surface area contributed by atoms with Crippen molar-refractivity contribution in [2.45, 2.75) is 0 Å². The fourth-order valence-electron chi connectivity index (χ4n) is 0. The molecule has 0 aromatic carbocycles. The molecule has 0 aromatic heterocycles. The maximum Gasteiger partial charge on any atom is 0 e. The van der Waals surface area contributed by atoms with Gasteiger partial charge in [0.2, 0.25) is 0 Å². The number of hydrogen-bond acceptors (Lipinski definition) is 0. The standard InChI is InChI=1S/Bi.H2O.Pb.Ru/h;1H2;;. The molecule has 0 saturated carbocycles. The molecule has 0 unspecified atom stereocenters. The predicted molar refractivity (Wildman–Crippen MR) is 15.1 cm³/mol. The molecule has 0 atom stereocenters. The van der Waals surface area contributed by atoms with Crippen molar-refractivity contribution in [3.8, 4) is 0 Å². The Balaban J connectivity index is 0. The molecule has 0 spiro atoms. The zero-order valence-electron chi connectivity index (χ0n) is 1.80. The van der Waals surface area contributed by atoms with Crippen LogP contribution < -0.4 is 0 Å². The molecule has 4 heteroatoms. The van der Waals surface area contributed by atoms with Crippen molar-refractivity contribution < 1.29 is 25.0 Å². The fraction of sp³-hybridized carbons (Fsp3) is 0. The van der Waals surface area contributed by atoms with E-state index in [1.54, 1.807) is 0 Å². The first-order valence-electron chi connectivity index (χ1n) is 0. The molecule has 0 bridgehead atoms. The van der Waals surface area contributed by atoms with Crippen LogP contribution in [0.5, 0.6) is 0 Å². The summed E-state index contributed by atoms with van der Waals surface area (Å²) in [5.41, 5.74) is 0. The summed E-state index contributed by atoms with van der Waals surface area (Å²) in [6, 6.07) is 0. The van der Waals surface area contributed by atoms with E-state index in [-0.39, 0.29) is 78.5 Å². The summed E-state index contributed by atoms with van der Waals surface area (Å²) >= 11 is 0. The zero-order chi connectivity index (χ0) is 0. The molecular weight excluding hydrogens is 533 g/mol. The van der Waals surface area contributed by atoms with E-state index >= 15 is 0 Å². The van der Waals surface area contributed by atoms with Gasteiger partial charge in [-0.15, -0.1) is 0 Å². The molecular formula is H2BiOPbRu. The molecule has 0 aliphatic heterocycles. The first-order valence-corrected chi connectivity index (χ1v) is 0. The summed E-state index contributed by atoms with van der Waals surface area (Å²) in [6.07, 6.45) is 0. The van der Waals surface area contributed by atoms with Gasteiger partial charge in [-0.3, -0.25) is 0 Å². The summed E-state index contributed by atoms with van der Waals surface area (Å²) in [6.45, 7) is 0. The van der Waals surface area contributed by atoms with Crippen molar-refractivity contribution in [1.29, 1.82) is 0 Å². The normalized spacial score (nSPS) is 0. The molecule has 0 aromatic rings. The molecule has 0 aliphatic carbocycles. The van der Waals surface area contributed by atoms with Gasteiger partial charge in [0.05, 0.1) is 0 Å². The monoisotopic (exact) mass is 537 g/mol. The van der Waals surface area contributed by atoms with Crippen LogP contribution in [0.4, 0.5) is 0 Å². The molecule has 25 valence electrons. The summed E-state index contributed by atoms with van der Waals surface area (Å²) in [5.74, 6) is 0. The second-order valence-electron chi connectivity index (χ2n) is 0. The second kappa shape index (κ2) is 18.2. The summed E-state index contributed by atoms with van der Waals surface area (Å²) in [7, 11) is 0. The Morgan fingerprint density at radius 1 is 1.00 bits per heavy atom. The molecule has 0 amide bonds. The Morgan fingerprint density at radius 2 is 1.00 bits per heavy atom. The third kappa shape index (κ3) is 8.83. The number of hydrogen-bond donors (Lipinski definition) is 0. The van der Waals surface area contributed by atoms with E-state index in [9.17, 15) is 0 Å². The zero-order valence-corrected chi connectivity index (χ0v) is 10.9. The topological polar surface area (TPSA) is 31.5 Å². The molecule has 0 saturated heterocycles. The van der Waals surface area contributed by atoms with E-state index in [4.69, 9.17) is 0 Å². The maximum atomic E-state index is 0. The van der Waals surface area contributed by atoms with Crippen LogP contribution in [0.2, 0.25) is 0 Å². The number of rotatable bonds is 0. The van der Waals surface area contributed by atoms with Crippen molar-refractivity contribution in [1.82, 2.24) is 0 Å². The van der Waals surface area contributed by atoms with Gasteiger partial charge in [0, 0.05) is 73.0 Å². The summed E-state index contributed by atoms with van der Waals surface area (Å²) < 4.78 is 0. The maximum absolute atomic E-state index is 0. The van der Waals surface area contributed by atoms with Gasteiger partial charge in [-0.2, -0.15) is 0 Å². The average molecular weight is 535 g/mol. The van der Waals surface area contributed by atoms with Crippen LogP contribution in [0.15, 0.2) is 0 Å². The molecule has 0 fully saturated rings. The Hall–Kier alpha value is 2.39. The van der Waals surface area contributed by atoms with Crippen molar-refractivity contribution >= 4 is 53.5 Å². The smallest absolute Gasteiger partial charge is 0 e. The van der Waals surface area contributed by atoms with E-state index < -0.39 is 0 Å². The van der Waals surface area contributed by atoms with Gasteiger partial charge in [0.25, 0.3) is 0 Å². The Labute approximate surface area is 77.3 Å². The molecule has 0 rings (SSSR count). The van der Waals surface area contributed by atoms with Gasteiger partial charge < -0.3 is 5.48 Å². The molecule has 2 N–H and O–H groups in total. The van der Waals surface area contributed by atoms with Crippen LogP contribution in [0.25, 0.3) is 0 Å². The van der Waals surface area contributed by atoms with E-state index in [1.807, 2.05) is 0 Å². The van der Waals surface area contributed by atoms with Gasteiger partial charge in [0.15, 0.2) is 0 Å². The van der Waals surface area contributed by atoms with E-state index in [2.05, 4.69) is 0 Å². The van der Waals surface area contributed by atoms with E-state index in [1.165, 1.54) is 0 Å².